The third-order valence-corrected chi connectivity index (χ3v) is 5.47. The van der Waals surface area contributed by atoms with E-state index in [1.54, 1.807) is 7.11 Å². The van der Waals surface area contributed by atoms with Crippen molar-refractivity contribution in [3.05, 3.63) is 52.8 Å². The lowest BCUT2D eigenvalue weighted by Crippen LogP contribution is -2.44. The molecule has 0 N–H and O–H groups in total. The van der Waals surface area contributed by atoms with Crippen molar-refractivity contribution in [2.45, 2.75) is 53.7 Å². The van der Waals surface area contributed by atoms with E-state index in [0.717, 1.165) is 35.9 Å². The number of nitrogens with zero attached hydrogens (tertiary/aromatic N) is 2. The molecule has 5 heteroatoms. The predicted molar refractivity (Wildman–Crippen MR) is 114 cm³/mol. The number of carbonyl (C=O) groups excluding carboxylic acids is 1. The molecular weight excluding hydrogens is 364 g/mol. The summed E-state index contributed by atoms with van der Waals surface area (Å²) in [6, 6.07) is 10.2. The zero-order valence-corrected chi connectivity index (χ0v) is 18.4. The number of benzene rings is 1. The molecule has 0 spiro atoms. The fourth-order valence-corrected chi connectivity index (χ4v) is 4.06. The molecule has 1 aliphatic rings. The molecule has 1 unspecified atom stereocenters. The largest absolute Gasteiger partial charge is 0.495 e. The zero-order valence-electron chi connectivity index (χ0n) is 18.4. The summed E-state index contributed by atoms with van der Waals surface area (Å²) in [5.41, 5.74) is 4.22. The van der Waals surface area contributed by atoms with Crippen LogP contribution in [-0.2, 0) is 17.8 Å². The summed E-state index contributed by atoms with van der Waals surface area (Å²) in [4.78, 5) is 19.3. The molecule has 1 aromatic heterocycles. The number of rotatable bonds is 6. The van der Waals surface area contributed by atoms with Crippen molar-refractivity contribution in [3.63, 3.8) is 0 Å². The topological polar surface area (TPSA) is 51.7 Å². The Morgan fingerprint density at radius 2 is 1.97 bits per heavy atom. The molecule has 2 heterocycles. The van der Waals surface area contributed by atoms with Gasteiger partial charge in [-0.2, -0.15) is 0 Å². The highest BCUT2D eigenvalue weighted by Crippen LogP contribution is 2.37. The predicted octanol–water partition coefficient (Wildman–Crippen LogP) is 4.72. The van der Waals surface area contributed by atoms with Gasteiger partial charge < -0.3 is 14.4 Å². The number of amides is 1. The summed E-state index contributed by atoms with van der Waals surface area (Å²) in [6.07, 6.45) is 0.847. The van der Waals surface area contributed by atoms with Crippen LogP contribution in [0.3, 0.4) is 0 Å². The number of aryl methyl sites for hydroxylation is 1. The number of hydrogen-bond donors (Lipinski definition) is 0. The van der Waals surface area contributed by atoms with Gasteiger partial charge in [-0.15, -0.1) is 0 Å². The van der Waals surface area contributed by atoms with Crippen molar-refractivity contribution in [1.82, 2.24) is 9.88 Å². The van der Waals surface area contributed by atoms with E-state index in [9.17, 15) is 4.79 Å². The molecular formula is C24H32N2O3. The van der Waals surface area contributed by atoms with E-state index < -0.39 is 0 Å². The highest BCUT2D eigenvalue weighted by molar-refractivity contribution is 5.79. The number of ether oxygens (including phenoxy) is 2. The first-order chi connectivity index (χ1) is 13.8. The minimum atomic E-state index is 0.0113. The molecule has 0 fully saturated rings. The van der Waals surface area contributed by atoms with Crippen LogP contribution >= 0.6 is 0 Å². The van der Waals surface area contributed by atoms with Crippen LogP contribution in [-0.4, -0.2) is 29.4 Å². The van der Waals surface area contributed by atoms with Gasteiger partial charge in [0.15, 0.2) is 0 Å². The summed E-state index contributed by atoms with van der Waals surface area (Å²) >= 11 is 0. The molecule has 0 radical (unpaired) electrons. The Hall–Kier alpha value is -2.56. The third kappa shape index (κ3) is 4.55. The maximum Gasteiger partial charge on any atom is 0.225 e. The molecule has 0 bridgehead atoms. The van der Waals surface area contributed by atoms with Crippen molar-refractivity contribution >= 4 is 5.91 Å². The lowest BCUT2D eigenvalue weighted by atomic mass is 9.85. The van der Waals surface area contributed by atoms with Crippen LogP contribution in [0.5, 0.6) is 11.5 Å². The van der Waals surface area contributed by atoms with Crippen molar-refractivity contribution in [2.24, 2.45) is 11.8 Å². The molecule has 1 aromatic carbocycles. The van der Waals surface area contributed by atoms with E-state index in [-0.39, 0.29) is 17.9 Å². The monoisotopic (exact) mass is 396 g/mol. The summed E-state index contributed by atoms with van der Waals surface area (Å²) < 4.78 is 11.4. The van der Waals surface area contributed by atoms with E-state index in [2.05, 4.69) is 35.9 Å². The number of hydrogen-bond acceptors (Lipinski definition) is 4. The molecule has 1 amide bonds. The first-order valence-electron chi connectivity index (χ1n) is 10.4. The summed E-state index contributed by atoms with van der Waals surface area (Å²) in [6.45, 7) is 11.4. The number of carbonyl (C=O) groups is 1. The van der Waals surface area contributed by atoms with E-state index in [1.807, 2.05) is 39.0 Å². The van der Waals surface area contributed by atoms with E-state index in [4.69, 9.17) is 9.47 Å². The second-order valence-corrected chi connectivity index (χ2v) is 8.38. The molecule has 1 atom stereocenters. The van der Waals surface area contributed by atoms with Crippen molar-refractivity contribution < 1.29 is 14.3 Å². The molecule has 0 saturated heterocycles. The molecule has 0 aliphatic carbocycles. The maximum atomic E-state index is 12.7. The van der Waals surface area contributed by atoms with Gasteiger partial charge in [-0.1, -0.05) is 33.8 Å². The molecule has 2 aromatic rings. The summed E-state index contributed by atoms with van der Waals surface area (Å²) in [5.74, 6) is 2.14. The number of aromatic nitrogens is 1. The molecule has 1 aliphatic heterocycles. The van der Waals surface area contributed by atoms with Crippen LogP contribution in [0.15, 0.2) is 30.3 Å². The molecule has 29 heavy (non-hydrogen) atoms. The van der Waals surface area contributed by atoms with Crippen LogP contribution in [0, 0.1) is 18.8 Å². The number of pyridine rings is 1. The minimum Gasteiger partial charge on any atom is -0.495 e. The van der Waals surface area contributed by atoms with E-state index in [0.29, 0.717) is 12.5 Å². The second kappa shape index (κ2) is 8.85. The Labute approximate surface area is 174 Å². The van der Waals surface area contributed by atoms with Gasteiger partial charge in [0.2, 0.25) is 5.91 Å². The fraction of sp³-hybridized carbons (Fsp3) is 0.500. The van der Waals surface area contributed by atoms with Crippen LogP contribution in [0.25, 0.3) is 0 Å². The van der Waals surface area contributed by atoms with Gasteiger partial charge in [0, 0.05) is 18.2 Å². The Morgan fingerprint density at radius 3 is 2.62 bits per heavy atom. The van der Waals surface area contributed by atoms with Crippen LogP contribution in [0.4, 0.5) is 0 Å². The lowest BCUT2D eigenvalue weighted by Gasteiger charge is -2.40. The average Bonchev–Trinajstić information content (AvgIpc) is 2.70. The summed E-state index contributed by atoms with van der Waals surface area (Å²) in [5, 5.41) is 0. The van der Waals surface area contributed by atoms with Gasteiger partial charge in [-0.25, -0.2) is 0 Å². The fourth-order valence-electron chi connectivity index (χ4n) is 4.06. The Balaban J connectivity index is 1.81. The Bertz CT molecular complexity index is 876. The SMILES string of the molecule is COc1ccc(C)nc1COc1ccc2c(c1)CCN(C(=O)C(C)C)C2C(C)C. The smallest absolute Gasteiger partial charge is 0.225 e. The van der Waals surface area contributed by atoms with Crippen LogP contribution < -0.4 is 9.47 Å². The first kappa shape index (κ1) is 21.2. The molecule has 0 saturated carbocycles. The van der Waals surface area contributed by atoms with Crippen molar-refractivity contribution in [2.75, 3.05) is 13.7 Å². The normalized spacial score (nSPS) is 16.1. The zero-order chi connectivity index (χ0) is 21.1. The minimum absolute atomic E-state index is 0.0113. The standard InChI is InChI=1S/C24H32N2O3/c1-15(2)23-20-9-8-19(13-18(20)11-12-26(23)24(27)16(3)4)29-14-21-22(28-6)10-7-17(5)25-21/h7-10,13,15-16,23H,11-12,14H2,1-6H3. The van der Waals surface area contributed by atoms with Crippen LogP contribution in [0.2, 0.25) is 0 Å². The van der Waals surface area contributed by atoms with E-state index in [1.165, 1.54) is 11.1 Å². The summed E-state index contributed by atoms with van der Waals surface area (Å²) in [7, 11) is 1.64. The Morgan fingerprint density at radius 1 is 1.21 bits per heavy atom. The van der Waals surface area contributed by atoms with E-state index >= 15 is 0 Å². The second-order valence-electron chi connectivity index (χ2n) is 8.38. The quantitative estimate of drug-likeness (QED) is 0.709. The highest BCUT2D eigenvalue weighted by atomic mass is 16.5. The van der Waals surface area contributed by atoms with Gasteiger partial charge in [0.25, 0.3) is 0 Å². The Kier molecular flexibility index (Phi) is 6.46. The lowest BCUT2D eigenvalue weighted by molar-refractivity contribution is -0.138. The van der Waals surface area contributed by atoms with Gasteiger partial charge >= 0.3 is 0 Å². The molecule has 5 nitrogen and oxygen atoms in total. The molecule has 3 rings (SSSR count). The van der Waals surface area contributed by atoms with Gasteiger partial charge in [-0.05, 0) is 54.7 Å². The average molecular weight is 397 g/mol. The molecule has 156 valence electrons. The van der Waals surface area contributed by atoms with Gasteiger partial charge in [-0.3, -0.25) is 9.78 Å². The third-order valence-electron chi connectivity index (χ3n) is 5.47. The van der Waals surface area contributed by atoms with Crippen molar-refractivity contribution in [1.29, 1.82) is 0 Å². The highest BCUT2D eigenvalue weighted by Gasteiger charge is 2.33. The number of methoxy groups -OCH3 is 1. The van der Waals surface area contributed by atoms with Crippen molar-refractivity contribution in [3.8, 4) is 11.5 Å². The van der Waals surface area contributed by atoms with Crippen LogP contribution in [0.1, 0.15) is 56.3 Å². The first-order valence-corrected chi connectivity index (χ1v) is 10.4. The number of fused-ring (bicyclic) bond motifs is 1. The van der Waals surface area contributed by atoms with Gasteiger partial charge in [0.05, 0.1) is 13.2 Å². The maximum absolute atomic E-state index is 12.7. The van der Waals surface area contributed by atoms with Gasteiger partial charge in [0.1, 0.15) is 23.8 Å².